The number of unbranched alkanes of at least 4 members (excludes halogenated alkanes) is 1. The first-order valence-electron chi connectivity index (χ1n) is 6.82. The monoisotopic (exact) mass is 289 g/mol. The molecule has 0 fully saturated rings. The van der Waals surface area contributed by atoms with Gasteiger partial charge in [0.2, 0.25) is 0 Å². The van der Waals surface area contributed by atoms with E-state index < -0.39 is 6.09 Å². The lowest BCUT2D eigenvalue weighted by Gasteiger charge is -2.13. The minimum absolute atomic E-state index is 0.325. The van der Waals surface area contributed by atoms with Gasteiger partial charge in [0, 0.05) is 24.2 Å². The van der Waals surface area contributed by atoms with Crippen molar-refractivity contribution in [2.24, 2.45) is 5.84 Å². The Morgan fingerprint density at radius 3 is 3.00 bits per heavy atom. The molecule has 2 aromatic heterocycles. The number of anilines is 1. The molecule has 0 aliphatic heterocycles. The van der Waals surface area contributed by atoms with Crippen molar-refractivity contribution in [3.05, 3.63) is 36.3 Å². The van der Waals surface area contributed by atoms with Crippen LogP contribution in [0.15, 0.2) is 30.6 Å². The number of aryl methyl sites for hydroxylation is 1. The van der Waals surface area contributed by atoms with Gasteiger partial charge in [-0.25, -0.2) is 15.3 Å². The van der Waals surface area contributed by atoms with Crippen molar-refractivity contribution in [2.45, 2.75) is 26.7 Å². The van der Waals surface area contributed by atoms with E-state index in [-0.39, 0.29) is 0 Å². The van der Waals surface area contributed by atoms with Gasteiger partial charge < -0.3 is 4.74 Å². The van der Waals surface area contributed by atoms with E-state index in [0.29, 0.717) is 12.4 Å². The van der Waals surface area contributed by atoms with Crippen LogP contribution in [0, 0.1) is 6.92 Å². The standard InChI is InChI=1S/C14H19N5O2/c1-3-4-9-21-14(20)19(15)13-6-8-18(17-13)12-5-7-16-11(2)10-12/h5-8,10H,3-4,9,15H2,1-2H3. The van der Waals surface area contributed by atoms with Crippen molar-refractivity contribution >= 4 is 11.9 Å². The molecular formula is C14H19N5O2. The van der Waals surface area contributed by atoms with Gasteiger partial charge in [0.1, 0.15) is 0 Å². The Kier molecular flexibility index (Phi) is 4.89. The molecule has 0 saturated heterocycles. The van der Waals surface area contributed by atoms with Crippen LogP contribution in [-0.4, -0.2) is 27.5 Å². The molecule has 1 amide bonds. The maximum Gasteiger partial charge on any atom is 0.430 e. The molecule has 21 heavy (non-hydrogen) atoms. The molecule has 0 atom stereocenters. The molecule has 0 aliphatic carbocycles. The number of amides is 1. The molecule has 112 valence electrons. The van der Waals surface area contributed by atoms with Gasteiger partial charge in [-0.3, -0.25) is 4.98 Å². The van der Waals surface area contributed by atoms with Crippen LogP contribution in [-0.2, 0) is 4.74 Å². The number of hydrogen-bond donors (Lipinski definition) is 1. The van der Waals surface area contributed by atoms with E-state index >= 15 is 0 Å². The molecule has 7 heteroatoms. The third-order valence-electron chi connectivity index (χ3n) is 2.89. The lowest BCUT2D eigenvalue weighted by Crippen LogP contribution is -2.38. The third kappa shape index (κ3) is 3.79. The second-order valence-corrected chi connectivity index (χ2v) is 4.61. The maximum atomic E-state index is 11.7. The molecule has 2 aromatic rings. The number of rotatable bonds is 5. The number of hydrogen-bond acceptors (Lipinski definition) is 5. The first kappa shape index (κ1) is 15.0. The molecule has 0 spiro atoms. The van der Waals surface area contributed by atoms with Crippen molar-refractivity contribution in [1.29, 1.82) is 0 Å². The summed E-state index contributed by atoms with van der Waals surface area (Å²) in [4.78, 5) is 15.9. The third-order valence-corrected chi connectivity index (χ3v) is 2.89. The van der Waals surface area contributed by atoms with E-state index in [0.717, 1.165) is 29.2 Å². The van der Waals surface area contributed by atoms with Crippen molar-refractivity contribution in [3.8, 4) is 5.69 Å². The number of nitrogens with two attached hydrogens (primary N) is 1. The Morgan fingerprint density at radius 2 is 2.29 bits per heavy atom. The van der Waals surface area contributed by atoms with Gasteiger partial charge in [-0.2, -0.15) is 5.01 Å². The molecule has 2 N–H and O–H groups in total. The average molecular weight is 289 g/mol. The topological polar surface area (TPSA) is 86.3 Å². The number of aromatic nitrogens is 3. The van der Waals surface area contributed by atoms with Crippen molar-refractivity contribution < 1.29 is 9.53 Å². The molecule has 7 nitrogen and oxygen atoms in total. The smallest absolute Gasteiger partial charge is 0.430 e. The van der Waals surface area contributed by atoms with Crippen LogP contribution in [0.1, 0.15) is 25.5 Å². The van der Waals surface area contributed by atoms with Crippen LogP contribution < -0.4 is 10.9 Å². The van der Waals surface area contributed by atoms with E-state index in [1.807, 2.05) is 26.0 Å². The predicted octanol–water partition coefficient (Wildman–Crippen LogP) is 2.19. The molecule has 0 radical (unpaired) electrons. The van der Waals surface area contributed by atoms with Gasteiger partial charge in [0.05, 0.1) is 12.3 Å². The summed E-state index contributed by atoms with van der Waals surface area (Å²) in [7, 11) is 0. The molecule has 0 saturated carbocycles. The van der Waals surface area contributed by atoms with Gasteiger partial charge in [0.15, 0.2) is 5.82 Å². The summed E-state index contributed by atoms with van der Waals surface area (Å²) >= 11 is 0. The summed E-state index contributed by atoms with van der Waals surface area (Å²) in [5.41, 5.74) is 1.73. The summed E-state index contributed by atoms with van der Waals surface area (Å²) in [5.74, 6) is 6.04. The number of pyridine rings is 1. The van der Waals surface area contributed by atoms with Crippen LogP contribution in [0.5, 0.6) is 0 Å². The summed E-state index contributed by atoms with van der Waals surface area (Å²) in [5, 5.41) is 5.16. The van der Waals surface area contributed by atoms with Gasteiger partial charge in [-0.05, 0) is 25.5 Å². The number of carbonyl (C=O) groups excluding carboxylic acids is 1. The first-order chi connectivity index (χ1) is 10.1. The Balaban J connectivity index is 2.07. The normalized spacial score (nSPS) is 10.4. The van der Waals surface area contributed by atoms with E-state index in [9.17, 15) is 4.79 Å². The first-order valence-corrected chi connectivity index (χ1v) is 6.82. The highest BCUT2D eigenvalue weighted by Crippen LogP contribution is 2.13. The molecule has 0 aliphatic rings. The number of hydrazine groups is 1. The number of carbonyl (C=O) groups is 1. The molecule has 2 heterocycles. The van der Waals surface area contributed by atoms with Crippen molar-refractivity contribution in [3.63, 3.8) is 0 Å². The minimum atomic E-state index is -0.611. The SMILES string of the molecule is CCCCOC(=O)N(N)c1ccn(-c2ccnc(C)c2)n1. The molecule has 2 rings (SSSR count). The van der Waals surface area contributed by atoms with Crippen molar-refractivity contribution in [1.82, 2.24) is 14.8 Å². The second kappa shape index (κ2) is 6.85. The summed E-state index contributed by atoms with van der Waals surface area (Å²) < 4.78 is 6.66. The molecule has 0 bridgehead atoms. The highest BCUT2D eigenvalue weighted by molar-refractivity contribution is 5.84. The average Bonchev–Trinajstić information content (AvgIpc) is 2.96. The van der Waals surface area contributed by atoms with Gasteiger partial charge in [-0.1, -0.05) is 13.3 Å². The van der Waals surface area contributed by atoms with E-state index in [1.54, 1.807) is 23.1 Å². The van der Waals surface area contributed by atoms with Crippen LogP contribution in [0.4, 0.5) is 10.6 Å². The van der Waals surface area contributed by atoms with E-state index in [1.165, 1.54) is 0 Å². The second-order valence-electron chi connectivity index (χ2n) is 4.61. The minimum Gasteiger partial charge on any atom is -0.448 e. The quantitative estimate of drug-likeness (QED) is 0.394. The zero-order chi connectivity index (χ0) is 15.2. The highest BCUT2D eigenvalue weighted by Gasteiger charge is 2.16. The molecule has 0 aromatic carbocycles. The van der Waals surface area contributed by atoms with E-state index in [2.05, 4.69) is 10.1 Å². The summed E-state index contributed by atoms with van der Waals surface area (Å²) in [6.45, 7) is 4.27. The van der Waals surface area contributed by atoms with Crippen LogP contribution in [0.2, 0.25) is 0 Å². The lowest BCUT2D eigenvalue weighted by atomic mass is 10.3. The van der Waals surface area contributed by atoms with E-state index in [4.69, 9.17) is 10.6 Å². The fourth-order valence-electron chi connectivity index (χ4n) is 1.73. The van der Waals surface area contributed by atoms with Crippen LogP contribution >= 0.6 is 0 Å². The fourth-order valence-corrected chi connectivity index (χ4v) is 1.73. The zero-order valence-electron chi connectivity index (χ0n) is 12.2. The Hall–Kier alpha value is -2.41. The highest BCUT2D eigenvalue weighted by atomic mass is 16.6. The van der Waals surface area contributed by atoms with Crippen LogP contribution in [0.25, 0.3) is 5.69 Å². The maximum absolute atomic E-state index is 11.7. The Bertz CT molecular complexity index is 611. The van der Waals surface area contributed by atoms with Gasteiger partial charge in [0.25, 0.3) is 0 Å². The number of nitrogens with zero attached hydrogens (tertiary/aromatic N) is 4. The number of ether oxygens (including phenoxy) is 1. The van der Waals surface area contributed by atoms with Crippen LogP contribution in [0.3, 0.4) is 0 Å². The zero-order valence-corrected chi connectivity index (χ0v) is 12.2. The van der Waals surface area contributed by atoms with Gasteiger partial charge >= 0.3 is 6.09 Å². The Labute approximate surface area is 123 Å². The lowest BCUT2D eigenvalue weighted by molar-refractivity contribution is 0.152. The summed E-state index contributed by atoms with van der Waals surface area (Å²) in [6, 6.07) is 5.36. The molecule has 0 unspecified atom stereocenters. The summed E-state index contributed by atoms with van der Waals surface area (Å²) in [6.07, 6.45) is 4.58. The Morgan fingerprint density at radius 1 is 1.48 bits per heavy atom. The predicted molar refractivity (Wildman–Crippen MR) is 79.0 cm³/mol. The molecular weight excluding hydrogens is 270 g/mol. The van der Waals surface area contributed by atoms with Crippen molar-refractivity contribution in [2.75, 3.05) is 11.6 Å². The van der Waals surface area contributed by atoms with Gasteiger partial charge in [-0.15, -0.1) is 5.10 Å². The largest absolute Gasteiger partial charge is 0.448 e. The fraction of sp³-hybridized carbons (Fsp3) is 0.357.